The molecule has 1 aliphatic rings. The van der Waals surface area contributed by atoms with Crippen LogP contribution in [0.1, 0.15) is 32.6 Å². The molecule has 1 rings (SSSR count). The van der Waals surface area contributed by atoms with Gasteiger partial charge < -0.3 is 5.11 Å². The van der Waals surface area contributed by atoms with E-state index in [1.165, 1.54) is 0 Å². The Morgan fingerprint density at radius 2 is 2.18 bits per heavy atom. The van der Waals surface area contributed by atoms with Crippen LogP contribution in [0.2, 0.25) is 0 Å². The summed E-state index contributed by atoms with van der Waals surface area (Å²) in [4.78, 5) is 0. The second-order valence-corrected chi connectivity index (χ2v) is 3.33. The molecule has 0 aromatic heterocycles. The van der Waals surface area contributed by atoms with Gasteiger partial charge in [0.15, 0.2) is 0 Å². The molecule has 0 heterocycles. The van der Waals surface area contributed by atoms with Gasteiger partial charge in [-0.1, -0.05) is 13.3 Å². The van der Waals surface area contributed by atoms with Crippen molar-refractivity contribution < 1.29 is 13.9 Å². The van der Waals surface area contributed by atoms with E-state index in [9.17, 15) is 13.9 Å². The van der Waals surface area contributed by atoms with Crippen LogP contribution in [0.5, 0.6) is 0 Å². The molecule has 1 N–H and O–H groups in total. The summed E-state index contributed by atoms with van der Waals surface area (Å²) in [6.07, 6.45) is 0.122. The Balaban J connectivity index is 2.51. The van der Waals surface area contributed by atoms with Crippen LogP contribution < -0.4 is 0 Å². The van der Waals surface area contributed by atoms with Crippen molar-refractivity contribution in [2.45, 2.75) is 44.6 Å². The number of hydrogen-bond donors (Lipinski definition) is 1. The van der Waals surface area contributed by atoms with Gasteiger partial charge in [0.05, 0.1) is 6.10 Å². The van der Waals surface area contributed by atoms with E-state index < -0.39 is 12.0 Å². The van der Waals surface area contributed by atoms with E-state index in [0.29, 0.717) is 6.42 Å². The molecular weight excluding hydrogens is 150 g/mol. The number of halogens is 2. The lowest BCUT2D eigenvalue weighted by molar-refractivity contribution is -0.0922. The van der Waals surface area contributed by atoms with Gasteiger partial charge in [-0.15, -0.1) is 0 Å². The van der Waals surface area contributed by atoms with E-state index in [0.717, 1.165) is 0 Å². The molecule has 3 heteroatoms. The molecule has 0 saturated heterocycles. The quantitative estimate of drug-likeness (QED) is 0.629. The highest BCUT2D eigenvalue weighted by molar-refractivity contribution is 4.83. The highest BCUT2D eigenvalue weighted by atomic mass is 19.3. The molecule has 66 valence electrons. The fourth-order valence-corrected chi connectivity index (χ4v) is 1.63. The van der Waals surface area contributed by atoms with Crippen LogP contribution >= 0.6 is 0 Å². The van der Waals surface area contributed by atoms with Crippen molar-refractivity contribution in [3.05, 3.63) is 0 Å². The lowest BCUT2D eigenvalue weighted by Crippen LogP contribution is -2.35. The van der Waals surface area contributed by atoms with Crippen LogP contribution in [0.3, 0.4) is 0 Å². The largest absolute Gasteiger partial charge is 0.393 e. The summed E-state index contributed by atoms with van der Waals surface area (Å²) in [5.74, 6) is -2.72. The molecular formula is C8H14F2O. The summed E-state index contributed by atoms with van der Waals surface area (Å²) in [6, 6.07) is 0. The smallest absolute Gasteiger partial charge is 0.248 e. The Morgan fingerprint density at radius 1 is 1.55 bits per heavy atom. The maximum Gasteiger partial charge on any atom is 0.248 e. The second-order valence-electron chi connectivity index (χ2n) is 3.33. The molecule has 0 bridgehead atoms. The highest BCUT2D eigenvalue weighted by Gasteiger charge is 2.39. The third kappa shape index (κ3) is 2.12. The predicted octanol–water partition coefficient (Wildman–Crippen LogP) is 2.19. The third-order valence-corrected chi connectivity index (χ3v) is 2.44. The molecule has 1 aliphatic carbocycles. The molecule has 1 saturated carbocycles. The Kier molecular flexibility index (Phi) is 2.47. The predicted molar refractivity (Wildman–Crippen MR) is 38.6 cm³/mol. The van der Waals surface area contributed by atoms with Gasteiger partial charge >= 0.3 is 0 Å². The number of aliphatic hydroxyl groups is 1. The van der Waals surface area contributed by atoms with Crippen molar-refractivity contribution in [2.24, 2.45) is 5.92 Å². The van der Waals surface area contributed by atoms with Crippen molar-refractivity contribution in [2.75, 3.05) is 0 Å². The Hall–Kier alpha value is -0.180. The van der Waals surface area contributed by atoms with E-state index in [-0.39, 0.29) is 25.2 Å². The van der Waals surface area contributed by atoms with Gasteiger partial charge in [0, 0.05) is 12.8 Å². The van der Waals surface area contributed by atoms with E-state index in [1.807, 2.05) is 6.92 Å². The first-order chi connectivity index (χ1) is 5.05. The second kappa shape index (κ2) is 3.05. The molecule has 1 nitrogen and oxygen atoms in total. The van der Waals surface area contributed by atoms with Gasteiger partial charge in [-0.05, 0) is 12.3 Å². The zero-order valence-electron chi connectivity index (χ0n) is 6.69. The van der Waals surface area contributed by atoms with Crippen LogP contribution in [-0.4, -0.2) is 17.1 Å². The van der Waals surface area contributed by atoms with Crippen LogP contribution in [0.15, 0.2) is 0 Å². The zero-order chi connectivity index (χ0) is 8.48. The molecule has 2 atom stereocenters. The first-order valence-electron chi connectivity index (χ1n) is 4.11. The monoisotopic (exact) mass is 164 g/mol. The molecule has 0 amide bonds. The van der Waals surface area contributed by atoms with Crippen molar-refractivity contribution in [1.29, 1.82) is 0 Å². The van der Waals surface area contributed by atoms with Gasteiger partial charge in [0.25, 0.3) is 0 Å². The van der Waals surface area contributed by atoms with Crippen molar-refractivity contribution in [3.8, 4) is 0 Å². The number of alkyl halides is 2. The average Bonchev–Trinajstić information content (AvgIpc) is 1.94. The van der Waals surface area contributed by atoms with Gasteiger partial charge in [0.2, 0.25) is 5.92 Å². The summed E-state index contributed by atoms with van der Waals surface area (Å²) < 4.78 is 25.4. The molecule has 1 fully saturated rings. The summed E-state index contributed by atoms with van der Waals surface area (Å²) in [7, 11) is 0. The molecule has 0 radical (unpaired) electrons. The molecule has 0 aromatic carbocycles. The molecule has 0 unspecified atom stereocenters. The van der Waals surface area contributed by atoms with Gasteiger partial charge in [-0.3, -0.25) is 0 Å². The average molecular weight is 164 g/mol. The van der Waals surface area contributed by atoms with Crippen LogP contribution in [0.4, 0.5) is 8.78 Å². The SMILES string of the molecule is CC[C@H]1CC(F)(F)CC[C@H]1O. The van der Waals surface area contributed by atoms with Gasteiger partial charge in [-0.25, -0.2) is 8.78 Å². The Morgan fingerprint density at radius 3 is 2.64 bits per heavy atom. The van der Waals surface area contributed by atoms with E-state index in [4.69, 9.17) is 0 Å². The van der Waals surface area contributed by atoms with Crippen molar-refractivity contribution in [3.63, 3.8) is 0 Å². The minimum Gasteiger partial charge on any atom is -0.393 e. The molecule has 0 spiro atoms. The van der Waals surface area contributed by atoms with Crippen molar-refractivity contribution in [1.82, 2.24) is 0 Å². The summed E-state index contributed by atoms with van der Waals surface area (Å²) >= 11 is 0. The van der Waals surface area contributed by atoms with Crippen LogP contribution in [-0.2, 0) is 0 Å². The van der Waals surface area contributed by atoms with E-state index in [1.54, 1.807) is 0 Å². The lowest BCUT2D eigenvalue weighted by Gasteiger charge is -2.32. The summed E-state index contributed by atoms with van der Waals surface area (Å²) in [6.45, 7) is 1.84. The van der Waals surface area contributed by atoms with Crippen LogP contribution in [0.25, 0.3) is 0 Å². The first-order valence-corrected chi connectivity index (χ1v) is 4.11. The zero-order valence-corrected chi connectivity index (χ0v) is 6.69. The Bertz CT molecular complexity index is 136. The van der Waals surface area contributed by atoms with Gasteiger partial charge in [-0.2, -0.15) is 0 Å². The van der Waals surface area contributed by atoms with Crippen LogP contribution in [0, 0.1) is 5.92 Å². The fraction of sp³-hybridized carbons (Fsp3) is 1.00. The van der Waals surface area contributed by atoms with E-state index >= 15 is 0 Å². The Labute approximate surface area is 65.4 Å². The minimum atomic E-state index is -2.53. The lowest BCUT2D eigenvalue weighted by atomic mass is 9.82. The normalized spacial score (nSPS) is 37.1. The molecule has 0 aromatic rings. The fourth-order valence-electron chi connectivity index (χ4n) is 1.63. The highest BCUT2D eigenvalue weighted by Crippen LogP contribution is 2.37. The van der Waals surface area contributed by atoms with Gasteiger partial charge in [0.1, 0.15) is 0 Å². The summed E-state index contributed by atoms with van der Waals surface area (Å²) in [5, 5.41) is 9.27. The van der Waals surface area contributed by atoms with Crippen molar-refractivity contribution >= 4 is 0 Å². The standard InChI is InChI=1S/C8H14F2O/c1-2-6-5-8(9,10)4-3-7(6)11/h6-7,11H,2-5H2,1H3/t6-,7+/m0/s1. The summed E-state index contributed by atoms with van der Waals surface area (Å²) in [5.41, 5.74) is 0. The topological polar surface area (TPSA) is 20.2 Å². The number of aliphatic hydroxyl groups excluding tert-OH is 1. The maximum absolute atomic E-state index is 12.7. The number of hydrogen-bond acceptors (Lipinski definition) is 1. The first kappa shape index (κ1) is 8.91. The minimum absolute atomic E-state index is 0.134. The molecule has 0 aliphatic heterocycles. The maximum atomic E-state index is 12.7. The number of rotatable bonds is 1. The third-order valence-electron chi connectivity index (χ3n) is 2.44. The molecule has 11 heavy (non-hydrogen) atoms. The van der Waals surface area contributed by atoms with E-state index in [2.05, 4.69) is 0 Å².